The van der Waals surface area contributed by atoms with Crippen LogP contribution in [-0.4, -0.2) is 53.6 Å². The highest BCUT2D eigenvalue weighted by atomic mass is 16.7. The van der Waals surface area contributed by atoms with Gasteiger partial charge in [-0.2, -0.15) is 0 Å². The summed E-state index contributed by atoms with van der Waals surface area (Å²) in [6.07, 6.45) is 2.10. The Kier molecular flexibility index (Phi) is 4.94. The Hall–Kier alpha value is -2.67. The minimum absolute atomic E-state index is 0.113. The van der Waals surface area contributed by atoms with Crippen LogP contribution in [0, 0.1) is 0 Å². The molecule has 0 N–H and O–H groups in total. The molecule has 3 heterocycles. The lowest BCUT2D eigenvalue weighted by molar-refractivity contribution is -0.116. The van der Waals surface area contributed by atoms with E-state index in [9.17, 15) is 4.79 Å². The van der Waals surface area contributed by atoms with Crippen molar-refractivity contribution in [2.75, 3.05) is 37.9 Å². The van der Waals surface area contributed by atoms with Gasteiger partial charge in [-0.25, -0.2) is 9.97 Å². The number of Topliss-reactive ketones (excluding diaryl/α,β-unsaturated/α-hetero) is 1. The molecule has 0 saturated carbocycles. The summed E-state index contributed by atoms with van der Waals surface area (Å²) in [6, 6.07) is 8.28. The van der Waals surface area contributed by atoms with E-state index in [1.54, 1.807) is 13.1 Å². The molecule has 142 valence electrons. The van der Waals surface area contributed by atoms with Crippen molar-refractivity contribution in [2.45, 2.75) is 26.3 Å². The standard InChI is InChI=1S/C20H24N4O3/c1-14(25)11-17-5-6-21-20(22-17)24-9-7-23(8-10-24)15(2)16-3-4-18-19(12-16)27-13-26-18/h3-6,12,15H,7-11,13H2,1-2H3. The van der Waals surface area contributed by atoms with E-state index >= 15 is 0 Å². The molecule has 1 aromatic heterocycles. The van der Waals surface area contributed by atoms with Gasteiger partial charge < -0.3 is 14.4 Å². The van der Waals surface area contributed by atoms with Gasteiger partial charge in [0.25, 0.3) is 0 Å². The summed E-state index contributed by atoms with van der Waals surface area (Å²) in [5.74, 6) is 2.47. The molecule has 1 aromatic carbocycles. The number of fused-ring (bicyclic) bond motifs is 1. The number of benzene rings is 1. The third-order valence-corrected chi connectivity index (χ3v) is 5.15. The van der Waals surface area contributed by atoms with E-state index < -0.39 is 0 Å². The lowest BCUT2D eigenvalue weighted by atomic mass is 10.1. The minimum atomic E-state index is 0.113. The fraction of sp³-hybridized carbons (Fsp3) is 0.450. The molecule has 1 saturated heterocycles. The minimum Gasteiger partial charge on any atom is -0.454 e. The second-order valence-electron chi connectivity index (χ2n) is 7.04. The first kappa shape index (κ1) is 17.7. The lowest BCUT2D eigenvalue weighted by Gasteiger charge is -2.38. The smallest absolute Gasteiger partial charge is 0.231 e. The van der Waals surface area contributed by atoms with Crippen LogP contribution in [0.2, 0.25) is 0 Å². The number of piperazine rings is 1. The summed E-state index contributed by atoms with van der Waals surface area (Å²) in [5.41, 5.74) is 2.01. The summed E-state index contributed by atoms with van der Waals surface area (Å²) in [4.78, 5) is 24.9. The van der Waals surface area contributed by atoms with E-state index in [-0.39, 0.29) is 5.78 Å². The van der Waals surface area contributed by atoms with Gasteiger partial charge in [0.1, 0.15) is 5.78 Å². The normalized spacial score (nSPS) is 17.8. The van der Waals surface area contributed by atoms with Gasteiger partial charge in [0, 0.05) is 44.8 Å². The molecular weight excluding hydrogens is 344 g/mol. The largest absolute Gasteiger partial charge is 0.454 e. The van der Waals surface area contributed by atoms with Gasteiger partial charge >= 0.3 is 0 Å². The predicted octanol–water partition coefficient (Wildman–Crippen LogP) is 2.22. The summed E-state index contributed by atoms with van der Waals surface area (Å²) in [5, 5.41) is 0. The van der Waals surface area contributed by atoms with E-state index in [1.807, 2.05) is 12.1 Å². The maximum atomic E-state index is 11.3. The summed E-state index contributed by atoms with van der Waals surface area (Å²) < 4.78 is 10.9. The molecule has 2 aromatic rings. The van der Waals surface area contributed by atoms with Gasteiger partial charge in [-0.05, 0) is 37.6 Å². The number of anilines is 1. The van der Waals surface area contributed by atoms with Gasteiger partial charge in [-0.3, -0.25) is 9.69 Å². The van der Waals surface area contributed by atoms with Gasteiger partial charge in [0.05, 0.1) is 5.69 Å². The molecule has 0 amide bonds. The zero-order valence-corrected chi connectivity index (χ0v) is 15.7. The van der Waals surface area contributed by atoms with Crippen molar-refractivity contribution in [3.8, 4) is 11.5 Å². The van der Waals surface area contributed by atoms with Crippen molar-refractivity contribution in [3.05, 3.63) is 41.7 Å². The molecule has 1 fully saturated rings. The Morgan fingerprint density at radius 3 is 2.70 bits per heavy atom. The second-order valence-corrected chi connectivity index (χ2v) is 7.04. The van der Waals surface area contributed by atoms with Crippen LogP contribution in [0.25, 0.3) is 0 Å². The maximum absolute atomic E-state index is 11.3. The first-order chi connectivity index (χ1) is 13.1. The first-order valence-corrected chi connectivity index (χ1v) is 9.30. The highest BCUT2D eigenvalue weighted by Gasteiger charge is 2.25. The molecule has 0 bridgehead atoms. The van der Waals surface area contributed by atoms with Crippen molar-refractivity contribution in [1.82, 2.24) is 14.9 Å². The topological polar surface area (TPSA) is 67.8 Å². The SMILES string of the molecule is CC(=O)Cc1ccnc(N2CCN(C(C)c3ccc4c(c3)OCO4)CC2)n1. The number of hydrogen-bond donors (Lipinski definition) is 0. The van der Waals surface area contributed by atoms with E-state index in [2.05, 4.69) is 38.8 Å². The molecule has 7 heteroatoms. The van der Waals surface area contributed by atoms with Gasteiger partial charge in [0.2, 0.25) is 12.7 Å². The third kappa shape index (κ3) is 3.88. The molecule has 1 unspecified atom stereocenters. The number of rotatable bonds is 5. The van der Waals surface area contributed by atoms with Crippen molar-refractivity contribution in [1.29, 1.82) is 0 Å². The van der Waals surface area contributed by atoms with Crippen molar-refractivity contribution in [2.24, 2.45) is 0 Å². The van der Waals surface area contributed by atoms with Crippen LogP contribution < -0.4 is 14.4 Å². The number of carbonyl (C=O) groups excluding carboxylic acids is 1. The highest BCUT2D eigenvalue weighted by molar-refractivity contribution is 5.77. The molecule has 0 aliphatic carbocycles. The highest BCUT2D eigenvalue weighted by Crippen LogP contribution is 2.35. The zero-order chi connectivity index (χ0) is 18.8. The predicted molar refractivity (Wildman–Crippen MR) is 101 cm³/mol. The quantitative estimate of drug-likeness (QED) is 0.801. The van der Waals surface area contributed by atoms with Crippen LogP contribution in [0.5, 0.6) is 11.5 Å². The zero-order valence-electron chi connectivity index (χ0n) is 15.7. The Labute approximate surface area is 158 Å². The van der Waals surface area contributed by atoms with Crippen LogP contribution in [0.1, 0.15) is 31.1 Å². The third-order valence-electron chi connectivity index (χ3n) is 5.15. The van der Waals surface area contributed by atoms with Crippen LogP contribution in [0.4, 0.5) is 5.95 Å². The average molecular weight is 368 g/mol. The molecule has 7 nitrogen and oxygen atoms in total. The number of ketones is 1. The average Bonchev–Trinajstić information content (AvgIpc) is 3.15. The van der Waals surface area contributed by atoms with Crippen molar-refractivity contribution >= 4 is 11.7 Å². The van der Waals surface area contributed by atoms with Crippen LogP contribution in [-0.2, 0) is 11.2 Å². The van der Waals surface area contributed by atoms with Gasteiger partial charge in [-0.1, -0.05) is 6.07 Å². The number of carbonyl (C=O) groups is 1. The Bertz CT molecular complexity index is 834. The second kappa shape index (κ2) is 7.52. The number of ether oxygens (including phenoxy) is 2. The lowest BCUT2D eigenvalue weighted by Crippen LogP contribution is -2.47. The number of nitrogens with zero attached hydrogens (tertiary/aromatic N) is 4. The molecule has 2 aliphatic rings. The summed E-state index contributed by atoms with van der Waals surface area (Å²) in [6.45, 7) is 7.67. The summed E-state index contributed by atoms with van der Waals surface area (Å²) in [7, 11) is 0. The molecular formula is C20H24N4O3. The molecule has 0 spiro atoms. The van der Waals surface area contributed by atoms with E-state index in [0.29, 0.717) is 25.2 Å². The number of hydrogen-bond acceptors (Lipinski definition) is 7. The van der Waals surface area contributed by atoms with Gasteiger partial charge in [0.15, 0.2) is 11.5 Å². The van der Waals surface area contributed by atoms with Crippen LogP contribution in [0.15, 0.2) is 30.5 Å². The summed E-state index contributed by atoms with van der Waals surface area (Å²) >= 11 is 0. The Morgan fingerprint density at radius 2 is 1.93 bits per heavy atom. The Morgan fingerprint density at radius 1 is 1.15 bits per heavy atom. The first-order valence-electron chi connectivity index (χ1n) is 9.30. The molecule has 0 radical (unpaired) electrons. The molecule has 4 rings (SSSR count). The Balaban J connectivity index is 1.39. The van der Waals surface area contributed by atoms with Crippen molar-refractivity contribution < 1.29 is 14.3 Å². The van der Waals surface area contributed by atoms with E-state index in [1.165, 1.54) is 5.56 Å². The monoisotopic (exact) mass is 368 g/mol. The van der Waals surface area contributed by atoms with E-state index in [0.717, 1.165) is 43.4 Å². The maximum Gasteiger partial charge on any atom is 0.231 e. The van der Waals surface area contributed by atoms with Crippen LogP contribution >= 0.6 is 0 Å². The van der Waals surface area contributed by atoms with E-state index in [4.69, 9.17) is 9.47 Å². The molecule has 27 heavy (non-hydrogen) atoms. The molecule has 1 atom stereocenters. The van der Waals surface area contributed by atoms with Crippen LogP contribution in [0.3, 0.4) is 0 Å². The fourth-order valence-electron chi connectivity index (χ4n) is 3.58. The number of aromatic nitrogens is 2. The molecule has 2 aliphatic heterocycles. The fourth-order valence-corrected chi connectivity index (χ4v) is 3.58. The van der Waals surface area contributed by atoms with Crippen molar-refractivity contribution in [3.63, 3.8) is 0 Å². The van der Waals surface area contributed by atoms with Gasteiger partial charge in [-0.15, -0.1) is 0 Å².